The van der Waals surface area contributed by atoms with E-state index in [2.05, 4.69) is 16.2 Å². The molecule has 9 heteroatoms. The summed E-state index contributed by atoms with van der Waals surface area (Å²) < 4.78 is 11.9. The van der Waals surface area contributed by atoms with Gasteiger partial charge in [-0.2, -0.15) is 10.2 Å². The van der Waals surface area contributed by atoms with E-state index in [-0.39, 0.29) is 43.3 Å². The first kappa shape index (κ1) is 22.2. The highest BCUT2D eigenvalue weighted by Crippen LogP contribution is 2.25. The fourth-order valence-corrected chi connectivity index (χ4v) is 3.63. The van der Waals surface area contributed by atoms with E-state index >= 15 is 0 Å². The van der Waals surface area contributed by atoms with Crippen LogP contribution in [0.2, 0.25) is 0 Å². The first-order valence-electron chi connectivity index (χ1n) is 10.1. The van der Waals surface area contributed by atoms with Gasteiger partial charge in [-0.3, -0.25) is 14.2 Å². The molecule has 162 valence electrons. The number of hydrogen-bond acceptors (Lipinski definition) is 7. The number of methoxy groups -OCH3 is 1. The fraction of sp³-hybridized carbons (Fsp3) is 0.409. The minimum Gasteiger partial charge on any atom is -0.375 e. The lowest BCUT2D eigenvalue weighted by Gasteiger charge is -2.31. The van der Waals surface area contributed by atoms with Crippen molar-refractivity contribution in [3.8, 4) is 6.07 Å². The van der Waals surface area contributed by atoms with Crippen LogP contribution in [0, 0.1) is 18.3 Å². The molecule has 1 atom stereocenters. The highest BCUT2D eigenvalue weighted by atomic mass is 16.5. The first-order chi connectivity index (χ1) is 15.0. The smallest absolute Gasteiger partial charge is 0.267 e. The van der Waals surface area contributed by atoms with Crippen molar-refractivity contribution in [3.63, 3.8) is 0 Å². The van der Waals surface area contributed by atoms with E-state index in [4.69, 9.17) is 14.5 Å². The number of rotatable bonds is 9. The van der Waals surface area contributed by atoms with Crippen LogP contribution in [0.4, 0.5) is 0 Å². The lowest BCUT2D eigenvalue weighted by molar-refractivity contribution is -0.138. The van der Waals surface area contributed by atoms with Gasteiger partial charge in [-0.25, -0.2) is 0 Å². The summed E-state index contributed by atoms with van der Waals surface area (Å²) in [5.74, 6) is 0.112. The summed E-state index contributed by atoms with van der Waals surface area (Å²) in [4.78, 5) is 32.4. The van der Waals surface area contributed by atoms with Crippen LogP contribution in [0.5, 0.6) is 0 Å². The molecule has 0 aliphatic rings. The molecule has 1 unspecified atom stereocenters. The maximum absolute atomic E-state index is 13.4. The molecule has 1 aromatic carbocycles. The maximum Gasteiger partial charge on any atom is 0.267 e. The van der Waals surface area contributed by atoms with Crippen LogP contribution in [-0.4, -0.2) is 45.8 Å². The predicted molar refractivity (Wildman–Crippen MR) is 113 cm³/mol. The third-order valence-electron chi connectivity index (χ3n) is 5.09. The lowest BCUT2D eigenvalue weighted by Crippen LogP contribution is -2.41. The topological polar surface area (TPSA) is 114 Å². The van der Waals surface area contributed by atoms with Gasteiger partial charge in [-0.1, -0.05) is 42.4 Å². The highest BCUT2D eigenvalue weighted by molar-refractivity contribution is 5.78. The van der Waals surface area contributed by atoms with Crippen LogP contribution in [-0.2, 0) is 16.1 Å². The van der Waals surface area contributed by atoms with Crippen molar-refractivity contribution in [3.05, 3.63) is 57.8 Å². The van der Waals surface area contributed by atoms with E-state index in [0.29, 0.717) is 23.3 Å². The molecule has 2 aromatic heterocycles. The predicted octanol–water partition coefficient (Wildman–Crippen LogP) is 2.58. The van der Waals surface area contributed by atoms with Gasteiger partial charge >= 0.3 is 0 Å². The zero-order valence-electron chi connectivity index (χ0n) is 17.9. The van der Waals surface area contributed by atoms with Crippen molar-refractivity contribution < 1.29 is 14.1 Å². The zero-order valence-corrected chi connectivity index (χ0v) is 17.9. The van der Waals surface area contributed by atoms with Gasteiger partial charge in [0.2, 0.25) is 5.91 Å². The Morgan fingerprint density at radius 3 is 2.74 bits per heavy atom. The molecule has 0 bridgehead atoms. The van der Waals surface area contributed by atoms with E-state index in [0.717, 1.165) is 5.56 Å². The average Bonchev–Trinajstić information content (AvgIpc) is 3.15. The monoisotopic (exact) mass is 423 g/mol. The molecule has 0 saturated carbocycles. The Kier molecular flexibility index (Phi) is 7.15. The van der Waals surface area contributed by atoms with Crippen LogP contribution >= 0.6 is 0 Å². The second-order valence-electron chi connectivity index (χ2n) is 7.15. The summed E-state index contributed by atoms with van der Waals surface area (Å²) in [6.07, 6.45) is 0.638. The second kappa shape index (κ2) is 10.00. The Morgan fingerprint density at radius 1 is 1.35 bits per heavy atom. The van der Waals surface area contributed by atoms with Crippen LogP contribution in [0.3, 0.4) is 0 Å². The molecule has 0 fully saturated rings. The van der Waals surface area contributed by atoms with Gasteiger partial charge in [0.25, 0.3) is 11.3 Å². The van der Waals surface area contributed by atoms with Gasteiger partial charge < -0.3 is 14.2 Å². The molecule has 0 spiro atoms. The number of nitriles is 1. The van der Waals surface area contributed by atoms with E-state index < -0.39 is 6.04 Å². The van der Waals surface area contributed by atoms with Gasteiger partial charge in [0, 0.05) is 13.7 Å². The minimum atomic E-state index is -0.540. The number of amides is 1. The second-order valence-corrected chi connectivity index (χ2v) is 7.15. The van der Waals surface area contributed by atoms with Crippen molar-refractivity contribution >= 4 is 17.0 Å². The standard InChI is InChI=1S/C22H25N5O4/c1-4-17(26(12-8-11-23)18(28)14-30-3)20-24-21-19(15(2)25-31-21)22(29)27(20)13-16-9-6-5-7-10-16/h5-7,9-10,17H,4,8,12-14H2,1-3H3. The first-order valence-corrected chi connectivity index (χ1v) is 10.1. The summed E-state index contributed by atoms with van der Waals surface area (Å²) in [5.41, 5.74) is 1.24. The van der Waals surface area contributed by atoms with Gasteiger partial charge in [0.05, 0.1) is 30.8 Å². The number of fused-ring (bicyclic) bond motifs is 1. The van der Waals surface area contributed by atoms with Crippen molar-refractivity contribution in [2.45, 2.75) is 39.3 Å². The Balaban J connectivity index is 2.19. The van der Waals surface area contributed by atoms with Gasteiger partial charge in [0.1, 0.15) is 17.8 Å². The number of nitrogens with zero attached hydrogens (tertiary/aromatic N) is 5. The third kappa shape index (κ3) is 4.64. The summed E-state index contributed by atoms with van der Waals surface area (Å²) in [6.45, 7) is 3.95. The average molecular weight is 423 g/mol. The molecule has 3 rings (SSSR count). The van der Waals surface area contributed by atoms with Crippen LogP contribution in [0.1, 0.15) is 42.9 Å². The van der Waals surface area contributed by atoms with E-state index in [1.165, 1.54) is 7.11 Å². The van der Waals surface area contributed by atoms with Crippen LogP contribution in [0.25, 0.3) is 11.1 Å². The van der Waals surface area contributed by atoms with Crippen LogP contribution < -0.4 is 5.56 Å². The molecule has 0 radical (unpaired) electrons. The van der Waals surface area contributed by atoms with Gasteiger partial charge in [-0.05, 0) is 18.9 Å². The van der Waals surface area contributed by atoms with Crippen molar-refractivity contribution in [1.29, 1.82) is 5.26 Å². The van der Waals surface area contributed by atoms with Gasteiger partial charge in [0.15, 0.2) is 0 Å². The molecule has 9 nitrogen and oxygen atoms in total. The number of carbonyl (C=O) groups excluding carboxylic acids is 1. The summed E-state index contributed by atoms with van der Waals surface area (Å²) in [5, 5.41) is 13.3. The number of carbonyl (C=O) groups is 1. The van der Waals surface area contributed by atoms with E-state index in [1.807, 2.05) is 37.3 Å². The van der Waals surface area contributed by atoms with Crippen molar-refractivity contribution in [2.75, 3.05) is 20.3 Å². The van der Waals surface area contributed by atoms with Crippen molar-refractivity contribution in [2.24, 2.45) is 0 Å². The SMILES string of the molecule is CCC(c1nc2onc(C)c2c(=O)n1Cc1ccccc1)N(CCC#N)C(=O)COC. The van der Waals surface area contributed by atoms with Crippen LogP contribution in [0.15, 0.2) is 39.6 Å². The Bertz CT molecular complexity index is 1150. The largest absolute Gasteiger partial charge is 0.375 e. The summed E-state index contributed by atoms with van der Waals surface area (Å²) >= 11 is 0. The van der Waals surface area contributed by atoms with E-state index in [1.54, 1.807) is 16.4 Å². The van der Waals surface area contributed by atoms with Crippen molar-refractivity contribution in [1.82, 2.24) is 19.6 Å². The molecular formula is C22H25N5O4. The normalized spacial score (nSPS) is 11.9. The summed E-state index contributed by atoms with van der Waals surface area (Å²) in [6, 6.07) is 11.1. The zero-order chi connectivity index (χ0) is 22.4. The third-order valence-corrected chi connectivity index (χ3v) is 5.09. The minimum absolute atomic E-state index is 0.130. The number of ether oxygens (including phenoxy) is 1. The molecule has 0 aliphatic carbocycles. The van der Waals surface area contributed by atoms with Gasteiger partial charge in [-0.15, -0.1) is 0 Å². The molecule has 0 saturated heterocycles. The summed E-state index contributed by atoms with van der Waals surface area (Å²) in [7, 11) is 1.44. The molecule has 31 heavy (non-hydrogen) atoms. The Hall–Kier alpha value is -3.51. The fourth-order valence-electron chi connectivity index (χ4n) is 3.63. The quantitative estimate of drug-likeness (QED) is 0.519. The maximum atomic E-state index is 13.4. The highest BCUT2D eigenvalue weighted by Gasteiger charge is 2.29. The Morgan fingerprint density at radius 2 is 2.10 bits per heavy atom. The number of aryl methyl sites for hydroxylation is 1. The molecule has 2 heterocycles. The number of benzene rings is 1. The lowest BCUT2D eigenvalue weighted by atomic mass is 10.1. The Labute approximate surface area is 179 Å². The van der Waals surface area contributed by atoms with E-state index in [9.17, 15) is 9.59 Å². The molecular weight excluding hydrogens is 398 g/mol. The number of aromatic nitrogens is 3. The molecule has 0 N–H and O–H groups in total. The number of hydrogen-bond donors (Lipinski definition) is 0. The molecule has 1 amide bonds. The molecule has 3 aromatic rings. The molecule has 0 aliphatic heterocycles.